The van der Waals surface area contributed by atoms with Gasteiger partial charge in [-0.2, -0.15) is 13.2 Å². The number of aliphatic carboxylic acids is 1. The summed E-state index contributed by atoms with van der Waals surface area (Å²) in [6, 6.07) is 21.4. The number of hydrogen-bond donors (Lipinski definition) is 3. The Balaban J connectivity index is 0.000000479. The van der Waals surface area contributed by atoms with Gasteiger partial charge in [0.1, 0.15) is 0 Å². The van der Waals surface area contributed by atoms with Crippen LogP contribution in [-0.2, 0) is 22.6 Å². The first-order chi connectivity index (χ1) is 17.7. The van der Waals surface area contributed by atoms with Crippen molar-refractivity contribution in [2.75, 3.05) is 5.32 Å². The zero-order valence-electron chi connectivity index (χ0n) is 19.4. The lowest BCUT2D eigenvalue weighted by molar-refractivity contribution is -0.192. The van der Waals surface area contributed by atoms with Gasteiger partial charge in [0, 0.05) is 30.0 Å². The fraction of sp³-hybridized carbons (Fsp3) is 0.154. The van der Waals surface area contributed by atoms with Gasteiger partial charge < -0.3 is 10.4 Å². The zero-order chi connectivity index (χ0) is 26.7. The maximum Gasteiger partial charge on any atom is 0.490 e. The summed E-state index contributed by atoms with van der Waals surface area (Å²) in [5, 5.41) is 15.5. The predicted molar refractivity (Wildman–Crippen MR) is 135 cm³/mol. The molecule has 0 spiro atoms. The third kappa shape index (κ3) is 9.13. The Hall–Kier alpha value is -4.09. The molecule has 3 N–H and O–H groups in total. The van der Waals surface area contributed by atoms with Gasteiger partial charge in [-0.25, -0.2) is 9.78 Å². The van der Waals surface area contributed by atoms with Crippen LogP contribution in [0.2, 0.25) is 0 Å². The number of carbonyl (C=O) groups is 2. The van der Waals surface area contributed by atoms with Crippen LogP contribution in [0.3, 0.4) is 0 Å². The number of benzene rings is 2. The largest absolute Gasteiger partial charge is 0.490 e. The van der Waals surface area contributed by atoms with Crippen molar-refractivity contribution in [2.45, 2.75) is 25.2 Å². The van der Waals surface area contributed by atoms with Crippen LogP contribution in [0.15, 0.2) is 90.0 Å². The van der Waals surface area contributed by atoms with Crippen LogP contribution in [0.5, 0.6) is 0 Å². The number of carbonyl (C=O) groups excluding carboxylic acids is 1. The van der Waals surface area contributed by atoms with Crippen molar-refractivity contribution in [1.29, 1.82) is 0 Å². The van der Waals surface area contributed by atoms with Gasteiger partial charge >= 0.3 is 12.1 Å². The molecule has 1 atom stereocenters. The molecule has 37 heavy (non-hydrogen) atoms. The van der Waals surface area contributed by atoms with E-state index in [2.05, 4.69) is 20.6 Å². The third-order valence-corrected chi connectivity index (χ3v) is 5.63. The smallest absolute Gasteiger partial charge is 0.475 e. The Morgan fingerprint density at radius 1 is 0.973 bits per heavy atom. The third-order valence-electron chi connectivity index (χ3n) is 5.00. The Bertz CT molecular complexity index is 1270. The van der Waals surface area contributed by atoms with Crippen molar-refractivity contribution in [3.63, 3.8) is 0 Å². The van der Waals surface area contributed by atoms with Crippen molar-refractivity contribution in [3.8, 4) is 11.1 Å². The van der Waals surface area contributed by atoms with Crippen LogP contribution in [0.4, 0.5) is 18.9 Å². The van der Waals surface area contributed by atoms with Crippen LogP contribution in [-0.4, -0.2) is 39.2 Å². The lowest BCUT2D eigenvalue weighted by atomic mass is 10.0. The Morgan fingerprint density at radius 3 is 2.30 bits per heavy atom. The van der Waals surface area contributed by atoms with Crippen LogP contribution in [0, 0.1) is 0 Å². The van der Waals surface area contributed by atoms with Crippen LogP contribution in [0.25, 0.3) is 11.1 Å². The number of thiazole rings is 1. The fourth-order valence-electron chi connectivity index (χ4n) is 3.21. The number of rotatable bonds is 8. The molecule has 192 valence electrons. The van der Waals surface area contributed by atoms with Crippen LogP contribution < -0.4 is 10.6 Å². The number of aromatic nitrogens is 2. The van der Waals surface area contributed by atoms with Gasteiger partial charge in [-0.1, -0.05) is 42.5 Å². The van der Waals surface area contributed by atoms with Gasteiger partial charge in [-0.15, -0.1) is 11.3 Å². The molecule has 0 fully saturated rings. The monoisotopic (exact) mass is 528 g/mol. The van der Waals surface area contributed by atoms with Crippen molar-refractivity contribution in [2.24, 2.45) is 0 Å². The fourth-order valence-corrected chi connectivity index (χ4v) is 3.77. The summed E-state index contributed by atoms with van der Waals surface area (Å²) in [5.41, 5.74) is 6.70. The average molecular weight is 529 g/mol. The van der Waals surface area contributed by atoms with E-state index in [4.69, 9.17) is 9.90 Å². The van der Waals surface area contributed by atoms with Gasteiger partial charge in [-0.3, -0.25) is 15.1 Å². The van der Waals surface area contributed by atoms with Crippen molar-refractivity contribution in [1.82, 2.24) is 15.3 Å². The summed E-state index contributed by atoms with van der Waals surface area (Å²) in [6.45, 7) is 0.547. The van der Waals surface area contributed by atoms with E-state index in [0.717, 1.165) is 28.1 Å². The number of carboxylic acid groups (broad SMARTS) is 1. The molecule has 4 rings (SSSR count). The summed E-state index contributed by atoms with van der Waals surface area (Å²) >= 11 is 1.55. The highest BCUT2D eigenvalue weighted by atomic mass is 32.1. The normalized spacial score (nSPS) is 11.6. The second-order valence-corrected chi connectivity index (χ2v) is 8.43. The number of alkyl halides is 3. The van der Waals surface area contributed by atoms with Gasteiger partial charge in [-0.05, 0) is 47.4 Å². The van der Waals surface area contributed by atoms with Gasteiger partial charge in [0.05, 0.1) is 17.2 Å². The van der Waals surface area contributed by atoms with E-state index < -0.39 is 12.1 Å². The van der Waals surface area contributed by atoms with E-state index in [1.165, 1.54) is 0 Å². The number of halogens is 3. The summed E-state index contributed by atoms with van der Waals surface area (Å²) < 4.78 is 31.7. The lowest BCUT2D eigenvalue weighted by Crippen LogP contribution is -2.41. The lowest BCUT2D eigenvalue weighted by Gasteiger charge is -2.18. The van der Waals surface area contributed by atoms with E-state index in [1.54, 1.807) is 29.2 Å². The summed E-state index contributed by atoms with van der Waals surface area (Å²) in [4.78, 5) is 30.4. The first-order valence-corrected chi connectivity index (χ1v) is 11.9. The standard InChI is InChI=1S/C24H22N4OS.C2HF3O2/c29-24(28-21-8-4-7-20(14-21)19-9-11-25-12-10-19)23(13-18-5-2-1-3-6-18)26-15-22-16-30-17-27-22;3-2(4,5)1(6)7/h1-12,14,16-17,23,26H,13,15H2,(H,28,29);(H,6,7)/t23-;/m1./s1. The van der Waals surface area contributed by atoms with Crippen LogP contribution in [0.1, 0.15) is 11.3 Å². The first kappa shape index (κ1) is 27.5. The SMILES string of the molecule is O=C(Nc1cccc(-c2ccncc2)c1)[C@@H](Cc1ccccc1)NCc1cscn1.O=C(O)C(F)(F)F. The van der Waals surface area contributed by atoms with E-state index in [9.17, 15) is 18.0 Å². The number of nitrogens with zero attached hydrogens (tertiary/aromatic N) is 2. The van der Waals surface area contributed by atoms with E-state index in [0.29, 0.717) is 13.0 Å². The second kappa shape index (κ2) is 13.3. The van der Waals surface area contributed by atoms with Gasteiger partial charge in [0.25, 0.3) is 0 Å². The second-order valence-electron chi connectivity index (χ2n) is 7.71. The Morgan fingerprint density at radius 2 is 1.68 bits per heavy atom. The molecule has 0 unspecified atom stereocenters. The highest BCUT2D eigenvalue weighted by Crippen LogP contribution is 2.22. The molecule has 2 aromatic carbocycles. The number of pyridine rings is 1. The molecule has 0 aliphatic carbocycles. The highest BCUT2D eigenvalue weighted by Gasteiger charge is 2.38. The van der Waals surface area contributed by atoms with Crippen molar-refractivity contribution in [3.05, 3.63) is 101 Å². The average Bonchev–Trinajstić information content (AvgIpc) is 3.41. The molecule has 1 amide bonds. The number of hydrogen-bond acceptors (Lipinski definition) is 6. The van der Waals surface area contributed by atoms with E-state index >= 15 is 0 Å². The highest BCUT2D eigenvalue weighted by molar-refractivity contribution is 7.07. The number of anilines is 1. The summed E-state index contributed by atoms with van der Waals surface area (Å²) in [6.07, 6.45) is -0.960. The number of nitrogens with one attached hydrogen (secondary N) is 2. The minimum atomic E-state index is -5.08. The number of amides is 1. The summed E-state index contributed by atoms with van der Waals surface area (Å²) in [5.74, 6) is -2.83. The molecule has 7 nitrogen and oxygen atoms in total. The maximum absolute atomic E-state index is 13.1. The predicted octanol–water partition coefficient (Wildman–Crippen LogP) is 5.18. The van der Waals surface area contributed by atoms with Crippen molar-refractivity contribution >= 4 is 28.9 Å². The molecular formula is C26H23F3N4O3S. The van der Waals surface area contributed by atoms with E-state index in [1.807, 2.05) is 72.1 Å². The quantitative estimate of drug-likeness (QED) is 0.291. The minimum Gasteiger partial charge on any atom is -0.475 e. The molecule has 11 heteroatoms. The molecule has 0 radical (unpaired) electrons. The number of carboxylic acids is 1. The topological polar surface area (TPSA) is 104 Å². The molecule has 2 aromatic heterocycles. The van der Waals surface area contributed by atoms with Gasteiger partial charge in [0.15, 0.2) is 0 Å². The Kier molecular flexibility index (Phi) is 9.87. The molecule has 0 saturated heterocycles. The minimum absolute atomic E-state index is 0.0686. The van der Waals surface area contributed by atoms with Crippen molar-refractivity contribution < 1.29 is 27.9 Å². The van der Waals surface area contributed by atoms with Crippen LogP contribution >= 0.6 is 11.3 Å². The molecule has 0 aliphatic heterocycles. The Labute approximate surface area is 215 Å². The molecule has 0 aliphatic rings. The maximum atomic E-state index is 13.1. The van der Waals surface area contributed by atoms with Gasteiger partial charge in [0.2, 0.25) is 5.91 Å². The molecule has 0 saturated carbocycles. The first-order valence-electron chi connectivity index (χ1n) is 11.0. The van der Waals surface area contributed by atoms with E-state index in [-0.39, 0.29) is 11.9 Å². The summed E-state index contributed by atoms with van der Waals surface area (Å²) in [7, 11) is 0. The molecular weight excluding hydrogens is 505 g/mol. The molecule has 2 heterocycles. The zero-order valence-corrected chi connectivity index (χ0v) is 20.2. The molecule has 4 aromatic rings. The molecule has 0 bridgehead atoms.